The van der Waals surface area contributed by atoms with Gasteiger partial charge in [0.05, 0.1) is 32.3 Å². The van der Waals surface area contributed by atoms with Crippen molar-refractivity contribution in [2.24, 2.45) is 0 Å². The van der Waals surface area contributed by atoms with Gasteiger partial charge in [-0.15, -0.1) is 0 Å². The third kappa shape index (κ3) is 3.88. The lowest BCUT2D eigenvalue weighted by Gasteiger charge is -2.27. The number of ether oxygens (including phenoxy) is 2. The fraction of sp³-hybridized carbons (Fsp3) is 0.562. The first kappa shape index (κ1) is 17.3. The molecule has 2 N–H and O–H groups in total. The van der Waals surface area contributed by atoms with Crippen molar-refractivity contribution in [3.8, 4) is 11.5 Å². The van der Waals surface area contributed by atoms with Gasteiger partial charge in [-0.3, -0.25) is 4.79 Å². The highest BCUT2D eigenvalue weighted by Gasteiger charge is 2.31. The Kier molecular flexibility index (Phi) is 6.03. The number of aliphatic hydroxyl groups excluding tert-OH is 1. The van der Waals surface area contributed by atoms with Crippen LogP contribution in [0.3, 0.4) is 0 Å². The van der Waals surface area contributed by atoms with E-state index in [1.54, 1.807) is 26.4 Å². The van der Waals surface area contributed by atoms with Crippen LogP contribution in [0.25, 0.3) is 0 Å². The van der Waals surface area contributed by atoms with Gasteiger partial charge in [-0.25, -0.2) is 0 Å². The number of carbonyl (C=O) groups is 1. The van der Waals surface area contributed by atoms with Gasteiger partial charge < -0.3 is 19.9 Å². The fourth-order valence-corrected chi connectivity index (χ4v) is 2.00. The zero-order chi connectivity index (χ0) is 16.0. The monoisotopic (exact) mass is 295 g/mol. The maximum atomic E-state index is 12.5. The molecule has 1 atom stereocenters. The normalized spacial score (nSPS) is 12.7. The highest BCUT2D eigenvalue weighted by Crippen LogP contribution is 2.33. The number of methoxy groups -OCH3 is 2. The fourth-order valence-electron chi connectivity index (χ4n) is 2.00. The van der Waals surface area contributed by atoms with Crippen molar-refractivity contribution in [3.05, 3.63) is 23.8 Å². The van der Waals surface area contributed by atoms with E-state index in [0.29, 0.717) is 17.9 Å². The van der Waals surface area contributed by atoms with E-state index in [2.05, 4.69) is 5.32 Å². The minimum Gasteiger partial charge on any atom is -0.493 e. The summed E-state index contributed by atoms with van der Waals surface area (Å²) >= 11 is 0. The number of amides is 1. The summed E-state index contributed by atoms with van der Waals surface area (Å²) < 4.78 is 10.5. The molecule has 0 aliphatic heterocycles. The number of hydrogen-bond donors (Lipinski definition) is 2. The molecule has 0 spiro atoms. The van der Waals surface area contributed by atoms with Gasteiger partial charge in [-0.05, 0) is 38.0 Å². The largest absolute Gasteiger partial charge is 0.493 e. The molecule has 0 heterocycles. The molecule has 1 aromatic rings. The van der Waals surface area contributed by atoms with Crippen LogP contribution >= 0.6 is 0 Å². The Hall–Kier alpha value is -1.75. The first-order valence-electron chi connectivity index (χ1n) is 7.05. The smallest absolute Gasteiger partial charge is 0.230 e. The molecule has 0 fully saturated rings. The van der Waals surface area contributed by atoms with Crippen LogP contribution in [0.1, 0.15) is 32.8 Å². The minimum absolute atomic E-state index is 0.0652. The third-order valence-corrected chi connectivity index (χ3v) is 3.72. The molecule has 0 aromatic heterocycles. The lowest BCUT2D eigenvalue weighted by molar-refractivity contribution is -0.126. The van der Waals surface area contributed by atoms with Crippen molar-refractivity contribution in [3.63, 3.8) is 0 Å². The molecule has 118 valence electrons. The molecule has 0 radical (unpaired) electrons. The quantitative estimate of drug-likeness (QED) is 0.806. The molecule has 0 aliphatic carbocycles. The predicted molar refractivity (Wildman–Crippen MR) is 81.9 cm³/mol. The maximum absolute atomic E-state index is 12.5. The Balaban J connectivity index is 3.03. The maximum Gasteiger partial charge on any atom is 0.230 e. The molecule has 5 heteroatoms. The van der Waals surface area contributed by atoms with Gasteiger partial charge in [0.25, 0.3) is 0 Å². The van der Waals surface area contributed by atoms with E-state index in [-0.39, 0.29) is 18.6 Å². The number of nitrogens with one attached hydrogen (secondary N) is 1. The van der Waals surface area contributed by atoms with Crippen molar-refractivity contribution in [2.75, 3.05) is 20.8 Å². The first-order valence-corrected chi connectivity index (χ1v) is 7.05. The average Bonchev–Trinajstić information content (AvgIpc) is 2.51. The summed E-state index contributed by atoms with van der Waals surface area (Å²) in [5.74, 6) is 1.08. The van der Waals surface area contributed by atoms with Crippen molar-refractivity contribution in [2.45, 2.75) is 38.6 Å². The van der Waals surface area contributed by atoms with Gasteiger partial charge in [0.2, 0.25) is 5.91 Å². The summed E-state index contributed by atoms with van der Waals surface area (Å²) in [7, 11) is 3.13. The zero-order valence-corrected chi connectivity index (χ0v) is 13.4. The van der Waals surface area contributed by atoms with E-state index in [1.165, 1.54) is 0 Å². The first-order chi connectivity index (χ1) is 9.90. The number of aliphatic hydroxyl groups is 1. The second kappa shape index (κ2) is 7.31. The van der Waals surface area contributed by atoms with Crippen LogP contribution in [0.15, 0.2) is 18.2 Å². The van der Waals surface area contributed by atoms with Gasteiger partial charge >= 0.3 is 0 Å². The second-order valence-corrected chi connectivity index (χ2v) is 5.46. The van der Waals surface area contributed by atoms with Crippen molar-refractivity contribution >= 4 is 5.91 Å². The molecule has 0 saturated heterocycles. The Bertz CT molecular complexity index is 481. The number of carbonyl (C=O) groups excluding carboxylic acids is 1. The number of rotatable bonds is 7. The van der Waals surface area contributed by atoms with Crippen molar-refractivity contribution in [1.82, 2.24) is 5.32 Å². The summed E-state index contributed by atoms with van der Waals surface area (Å²) in [4.78, 5) is 12.5. The second-order valence-electron chi connectivity index (χ2n) is 5.46. The van der Waals surface area contributed by atoms with E-state index in [0.717, 1.165) is 5.56 Å². The van der Waals surface area contributed by atoms with Crippen LogP contribution in [0, 0.1) is 0 Å². The Morgan fingerprint density at radius 2 is 1.90 bits per heavy atom. The van der Waals surface area contributed by atoms with Gasteiger partial charge in [0, 0.05) is 0 Å². The molecule has 21 heavy (non-hydrogen) atoms. The highest BCUT2D eigenvalue weighted by atomic mass is 16.5. The lowest BCUT2D eigenvalue weighted by atomic mass is 9.83. The number of benzene rings is 1. The summed E-state index contributed by atoms with van der Waals surface area (Å²) in [6.45, 7) is 5.54. The Labute approximate surface area is 126 Å². The molecule has 0 aliphatic rings. The molecular formula is C16H25NO4. The molecule has 0 saturated carbocycles. The predicted octanol–water partition coefficient (Wildman–Crippen LogP) is 1.87. The van der Waals surface area contributed by atoms with E-state index in [4.69, 9.17) is 9.47 Å². The van der Waals surface area contributed by atoms with E-state index >= 15 is 0 Å². The van der Waals surface area contributed by atoms with Crippen LogP contribution in [-0.2, 0) is 10.2 Å². The molecular weight excluding hydrogens is 270 g/mol. The summed E-state index contributed by atoms with van der Waals surface area (Å²) in [6.07, 6.45) is 0.685. The molecule has 1 rings (SSSR count). The topological polar surface area (TPSA) is 67.8 Å². The zero-order valence-electron chi connectivity index (χ0n) is 13.4. The Morgan fingerprint density at radius 1 is 1.29 bits per heavy atom. The van der Waals surface area contributed by atoms with Crippen LogP contribution in [0.4, 0.5) is 0 Å². The van der Waals surface area contributed by atoms with Gasteiger partial charge in [0.15, 0.2) is 11.5 Å². The SMILES string of the molecule is CCC(CO)NC(=O)C(C)(C)c1ccc(OC)c(OC)c1. The van der Waals surface area contributed by atoms with E-state index < -0.39 is 5.41 Å². The summed E-state index contributed by atoms with van der Waals surface area (Å²) in [5, 5.41) is 12.1. The lowest BCUT2D eigenvalue weighted by Crippen LogP contribution is -2.46. The molecule has 1 unspecified atom stereocenters. The van der Waals surface area contributed by atoms with Gasteiger partial charge in [-0.2, -0.15) is 0 Å². The van der Waals surface area contributed by atoms with Crippen LogP contribution in [0.5, 0.6) is 11.5 Å². The molecule has 0 bridgehead atoms. The molecule has 5 nitrogen and oxygen atoms in total. The van der Waals surface area contributed by atoms with Gasteiger partial charge in [0.1, 0.15) is 0 Å². The van der Waals surface area contributed by atoms with Crippen molar-refractivity contribution in [1.29, 1.82) is 0 Å². The highest BCUT2D eigenvalue weighted by molar-refractivity contribution is 5.87. The van der Waals surface area contributed by atoms with Crippen molar-refractivity contribution < 1.29 is 19.4 Å². The van der Waals surface area contributed by atoms with Crippen LogP contribution in [0.2, 0.25) is 0 Å². The number of hydrogen-bond acceptors (Lipinski definition) is 4. The molecule has 1 aromatic carbocycles. The van der Waals surface area contributed by atoms with E-state index in [9.17, 15) is 9.90 Å². The third-order valence-electron chi connectivity index (χ3n) is 3.72. The summed E-state index contributed by atoms with van der Waals surface area (Å²) in [6, 6.07) is 5.21. The standard InChI is InChI=1S/C16H25NO4/c1-6-12(10-18)17-15(19)16(2,3)11-7-8-13(20-4)14(9-11)21-5/h7-9,12,18H,6,10H2,1-5H3,(H,17,19). The minimum atomic E-state index is -0.734. The average molecular weight is 295 g/mol. The molecule has 1 amide bonds. The van der Waals surface area contributed by atoms with Gasteiger partial charge in [-0.1, -0.05) is 13.0 Å². The Morgan fingerprint density at radius 3 is 2.38 bits per heavy atom. The van der Waals surface area contributed by atoms with Crippen LogP contribution in [-0.4, -0.2) is 37.9 Å². The summed E-state index contributed by atoms with van der Waals surface area (Å²) in [5.41, 5.74) is 0.0905. The van der Waals surface area contributed by atoms with E-state index in [1.807, 2.05) is 26.8 Å². The van der Waals surface area contributed by atoms with Crippen LogP contribution < -0.4 is 14.8 Å².